The Hall–Kier alpha value is -2.72. The minimum Gasteiger partial charge on any atom is -0.361 e. The van der Waals surface area contributed by atoms with E-state index in [-0.39, 0.29) is 18.1 Å². The number of aryl methyl sites for hydroxylation is 1. The Labute approximate surface area is 128 Å². The van der Waals surface area contributed by atoms with Crippen LogP contribution < -0.4 is 4.80 Å². The van der Waals surface area contributed by atoms with Gasteiger partial charge in [0.25, 0.3) is 0 Å². The third-order valence-corrected chi connectivity index (χ3v) is 3.98. The number of halogens is 1. The molecule has 3 rings (SSSR count). The number of thiazole rings is 1. The Balaban J connectivity index is 2.17. The SMILES string of the molecule is C#CCn1c(=NC(=O)c2cc(C)on2)sc2cc(F)ccc21. The fraction of sp³-hybridized carbons (Fsp3) is 0.133. The first-order chi connectivity index (χ1) is 10.6. The second-order valence-corrected chi connectivity index (χ2v) is 5.54. The number of rotatable bonds is 2. The molecule has 1 amide bonds. The van der Waals surface area contributed by atoms with E-state index in [4.69, 9.17) is 10.9 Å². The van der Waals surface area contributed by atoms with E-state index in [1.807, 2.05) is 0 Å². The molecule has 0 radical (unpaired) electrons. The van der Waals surface area contributed by atoms with Gasteiger partial charge in [-0.15, -0.1) is 6.42 Å². The fourth-order valence-corrected chi connectivity index (χ4v) is 3.04. The van der Waals surface area contributed by atoms with Gasteiger partial charge in [-0.3, -0.25) is 4.79 Å². The monoisotopic (exact) mass is 315 g/mol. The van der Waals surface area contributed by atoms with E-state index < -0.39 is 5.91 Å². The highest BCUT2D eigenvalue weighted by Gasteiger charge is 2.12. The molecule has 0 unspecified atom stereocenters. The van der Waals surface area contributed by atoms with Crippen molar-refractivity contribution in [1.29, 1.82) is 0 Å². The number of amides is 1. The van der Waals surface area contributed by atoms with Gasteiger partial charge in [-0.1, -0.05) is 22.4 Å². The van der Waals surface area contributed by atoms with Crippen molar-refractivity contribution < 1.29 is 13.7 Å². The second kappa shape index (κ2) is 5.58. The van der Waals surface area contributed by atoms with Crippen LogP contribution in [0.1, 0.15) is 16.2 Å². The predicted octanol–water partition coefficient (Wildman–Crippen LogP) is 2.51. The summed E-state index contributed by atoms with van der Waals surface area (Å²) in [6, 6.07) is 5.85. The highest BCUT2D eigenvalue weighted by atomic mass is 32.1. The van der Waals surface area contributed by atoms with E-state index in [2.05, 4.69) is 16.1 Å². The molecule has 7 heteroatoms. The lowest BCUT2D eigenvalue weighted by Gasteiger charge is -1.98. The number of fused-ring (bicyclic) bond motifs is 1. The van der Waals surface area contributed by atoms with Gasteiger partial charge in [0.05, 0.1) is 16.8 Å². The molecule has 0 aliphatic rings. The molecule has 0 bridgehead atoms. The Bertz CT molecular complexity index is 975. The van der Waals surface area contributed by atoms with Crippen molar-refractivity contribution in [3.05, 3.63) is 46.3 Å². The standard InChI is InChI=1S/C15H10FN3O2S/c1-3-6-19-12-5-4-10(16)8-13(12)22-15(19)17-14(20)11-7-9(2)21-18-11/h1,4-5,7-8H,6H2,2H3. The van der Waals surface area contributed by atoms with Crippen LogP contribution in [0, 0.1) is 25.1 Å². The zero-order valence-electron chi connectivity index (χ0n) is 11.5. The molecule has 1 aromatic carbocycles. The predicted molar refractivity (Wildman–Crippen MR) is 79.7 cm³/mol. The van der Waals surface area contributed by atoms with Gasteiger partial charge in [-0.2, -0.15) is 4.99 Å². The van der Waals surface area contributed by atoms with Crippen molar-refractivity contribution in [3.63, 3.8) is 0 Å². The Morgan fingerprint density at radius 3 is 3.05 bits per heavy atom. The average molecular weight is 315 g/mol. The number of carbonyl (C=O) groups excluding carboxylic acids is 1. The molecule has 0 spiro atoms. The summed E-state index contributed by atoms with van der Waals surface area (Å²) in [6.07, 6.45) is 5.36. The lowest BCUT2D eigenvalue weighted by Crippen LogP contribution is -2.16. The number of hydrogen-bond acceptors (Lipinski definition) is 4. The van der Waals surface area contributed by atoms with E-state index in [0.717, 1.165) is 5.52 Å². The quantitative estimate of drug-likeness (QED) is 0.683. The first-order valence-electron chi connectivity index (χ1n) is 6.33. The van der Waals surface area contributed by atoms with Gasteiger partial charge >= 0.3 is 5.91 Å². The maximum absolute atomic E-state index is 13.3. The molecule has 0 atom stereocenters. The Kier molecular flexibility index (Phi) is 3.61. The van der Waals surface area contributed by atoms with E-state index in [9.17, 15) is 9.18 Å². The molecule has 0 aliphatic heterocycles. The molecule has 5 nitrogen and oxygen atoms in total. The Morgan fingerprint density at radius 1 is 1.55 bits per heavy atom. The highest BCUT2D eigenvalue weighted by Crippen LogP contribution is 2.18. The summed E-state index contributed by atoms with van der Waals surface area (Å²) in [5, 5.41) is 3.63. The smallest absolute Gasteiger partial charge is 0.301 e. The van der Waals surface area contributed by atoms with Crippen LogP contribution in [0.5, 0.6) is 0 Å². The van der Waals surface area contributed by atoms with Crippen molar-refractivity contribution in [2.75, 3.05) is 0 Å². The number of nitrogens with zero attached hydrogens (tertiary/aromatic N) is 3. The van der Waals surface area contributed by atoms with Crippen molar-refractivity contribution in [3.8, 4) is 12.3 Å². The maximum Gasteiger partial charge on any atom is 0.301 e. The third kappa shape index (κ3) is 2.56. The van der Waals surface area contributed by atoms with Crippen LogP contribution in [0.25, 0.3) is 10.2 Å². The number of carbonyl (C=O) groups is 1. The average Bonchev–Trinajstić information content (AvgIpc) is 3.04. The van der Waals surface area contributed by atoms with Gasteiger partial charge in [0.1, 0.15) is 11.6 Å². The molecule has 110 valence electrons. The molecular formula is C15H10FN3O2S. The number of benzene rings is 1. The Morgan fingerprint density at radius 2 is 2.36 bits per heavy atom. The van der Waals surface area contributed by atoms with Gasteiger partial charge in [0.2, 0.25) is 0 Å². The van der Waals surface area contributed by atoms with Crippen molar-refractivity contribution >= 4 is 27.5 Å². The first kappa shape index (κ1) is 14.2. The number of terminal acetylenes is 1. The molecule has 0 saturated heterocycles. The maximum atomic E-state index is 13.3. The molecule has 0 N–H and O–H groups in total. The van der Waals surface area contributed by atoms with Crippen LogP contribution in [0.4, 0.5) is 4.39 Å². The molecule has 3 aromatic rings. The zero-order valence-corrected chi connectivity index (χ0v) is 12.4. The summed E-state index contributed by atoms with van der Waals surface area (Å²) in [7, 11) is 0. The molecular weight excluding hydrogens is 305 g/mol. The third-order valence-electron chi connectivity index (χ3n) is 2.94. The molecule has 0 saturated carbocycles. The van der Waals surface area contributed by atoms with Gasteiger partial charge < -0.3 is 9.09 Å². The van der Waals surface area contributed by atoms with Gasteiger partial charge in [0, 0.05) is 6.07 Å². The summed E-state index contributed by atoms with van der Waals surface area (Å²) in [5.74, 6) is 2.14. The lowest BCUT2D eigenvalue weighted by atomic mass is 10.3. The van der Waals surface area contributed by atoms with Crippen molar-refractivity contribution in [2.24, 2.45) is 4.99 Å². The van der Waals surface area contributed by atoms with E-state index in [0.29, 0.717) is 15.3 Å². The van der Waals surface area contributed by atoms with E-state index in [1.165, 1.54) is 29.5 Å². The van der Waals surface area contributed by atoms with E-state index in [1.54, 1.807) is 17.6 Å². The highest BCUT2D eigenvalue weighted by molar-refractivity contribution is 7.16. The number of aromatic nitrogens is 2. The number of hydrogen-bond donors (Lipinski definition) is 0. The first-order valence-corrected chi connectivity index (χ1v) is 7.15. The minimum atomic E-state index is -0.533. The topological polar surface area (TPSA) is 60.4 Å². The molecule has 2 aromatic heterocycles. The summed E-state index contributed by atoms with van der Waals surface area (Å²) in [6.45, 7) is 1.92. The van der Waals surface area contributed by atoms with Crippen LogP contribution in [0.2, 0.25) is 0 Å². The minimum absolute atomic E-state index is 0.119. The largest absolute Gasteiger partial charge is 0.361 e. The summed E-state index contributed by atoms with van der Waals surface area (Å²) in [4.78, 5) is 16.5. The zero-order chi connectivity index (χ0) is 15.7. The molecule has 22 heavy (non-hydrogen) atoms. The lowest BCUT2D eigenvalue weighted by molar-refractivity contribution is 0.0989. The van der Waals surface area contributed by atoms with Gasteiger partial charge in [-0.25, -0.2) is 4.39 Å². The van der Waals surface area contributed by atoms with Crippen LogP contribution in [0.3, 0.4) is 0 Å². The summed E-state index contributed by atoms with van der Waals surface area (Å²) in [5.41, 5.74) is 0.848. The summed E-state index contributed by atoms with van der Waals surface area (Å²) < 4.78 is 20.5. The molecule has 2 heterocycles. The van der Waals surface area contributed by atoms with Crippen LogP contribution in [-0.4, -0.2) is 15.6 Å². The molecule has 0 fully saturated rings. The normalized spacial score (nSPS) is 11.8. The van der Waals surface area contributed by atoms with Crippen LogP contribution in [0.15, 0.2) is 33.8 Å². The molecule has 0 aliphatic carbocycles. The van der Waals surface area contributed by atoms with Gasteiger partial charge in [0.15, 0.2) is 10.5 Å². The van der Waals surface area contributed by atoms with Crippen molar-refractivity contribution in [1.82, 2.24) is 9.72 Å². The second-order valence-electron chi connectivity index (χ2n) is 4.53. The summed E-state index contributed by atoms with van der Waals surface area (Å²) >= 11 is 1.19. The van der Waals surface area contributed by atoms with E-state index >= 15 is 0 Å². The van der Waals surface area contributed by atoms with Crippen LogP contribution in [-0.2, 0) is 6.54 Å². The fourth-order valence-electron chi connectivity index (χ4n) is 1.99. The van der Waals surface area contributed by atoms with Crippen molar-refractivity contribution in [2.45, 2.75) is 13.5 Å². The van der Waals surface area contributed by atoms with Crippen LogP contribution >= 0.6 is 11.3 Å². The van der Waals surface area contributed by atoms with Gasteiger partial charge in [-0.05, 0) is 25.1 Å².